The molecule has 1 aromatic rings. The van der Waals surface area contributed by atoms with E-state index >= 15 is 0 Å². The van der Waals surface area contributed by atoms with E-state index in [1.807, 2.05) is 6.07 Å². The first-order chi connectivity index (χ1) is 13.5. The number of benzene rings is 1. The number of hydrogen-bond acceptors (Lipinski definition) is 5. The molecule has 162 valence electrons. The second-order valence-electron chi connectivity index (χ2n) is 8.12. The van der Waals surface area contributed by atoms with Gasteiger partial charge in [0.25, 0.3) is 0 Å². The van der Waals surface area contributed by atoms with Gasteiger partial charge < -0.3 is 15.0 Å². The van der Waals surface area contributed by atoms with Gasteiger partial charge in [0, 0.05) is 35.6 Å². The minimum Gasteiger partial charge on any atom is -0.495 e. The SMILES string of the molecule is C=CS(=O)(=O)NC1CCN(C(=O)CNc2cc(C(C)(C)C)c(Cl)cc2OC)CC1. The zero-order valence-electron chi connectivity index (χ0n) is 17.4. The largest absolute Gasteiger partial charge is 0.495 e. The Hall–Kier alpha value is -1.77. The van der Waals surface area contributed by atoms with Crippen molar-refractivity contribution in [3.05, 3.63) is 34.7 Å². The van der Waals surface area contributed by atoms with Crippen molar-refractivity contribution in [2.45, 2.75) is 45.1 Å². The minimum atomic E-state index is -3.46. The molecule has 1 saturated heterocycles. The van der Waals surface area contributed by atoms with Crippen molar-refractivity contribution in [3.63, 3.8) is 0 Å². The van der Waals surface area contributed by atoms with Crippen molar-refractivity contribution in [3.8, 4) is 5.75 Å². The first kappa shape index (κ1) is 23.5. The number of nitrogens with zero attached hydrogens (tertiary/aromatic N) is 1. The van der Waals surface area contributed by atoms with Gasteiger partial charge in [-0.2, -0.15) is 0 Å². The number of methoxy groups -OCH3 is 1. The number of anilines is 1. The predicted molar refractivity (Wildman–Crippen MR) is 117 cm³/mol. The summed E-state index contributed by atoms with van der Waals surface area (Å²) >= 11 is 6.38. The third kappa shape index (κ3) is 6.35. The molecule has 9 heteroatoms. The lowest BCUT2D eigenvalue weighted by molar-refractivity contribution is -0.130. The number of likely N-dealkylation sites (tertiary alicyclic amines) is 1. The van der Waals surface area contributed by atoms with Crippen molar-refractivity contribution >= 4 is 33.2 Å². The van der Waals surface area contributed by atoms with Gasteiger partial charge >= 0.3 is 0 Å². The van der Waals surface area contributed by atoms with Gasteiger partial charge in [-0.25, -0.2) is 13.1 Å². The fraction of sp³-hybridized carbons (Fsp3) is 0.550. The van der Waals surface area contributed by atoms with Crippen LogP contribution >= 0.6 is 11.6 Å². The van der Waals surface area contributed by atoms with Crippen LogP contribution in [0, 0.1) is 0 Å². The van der Waals surface area contributed by atoms with E-state index in [2.05, 4.69) is 37.4 Å². The highest BCUT2D eigenvalue weighted by molar-refractivity contribution is 7.92. The summed E-state index contributed by atoms with van der Waals surface area (Å²) in [4.78, 5) is 14.3. The molecular weight excluding hydrogens is 414 g/mol. The van der Waals surface area contributed by atoms with Crippen LogP contribution in [0.3, 0.4) is 0 Å². The van der Waals surface area contributed by atoms with Crippen molar-refractivity contribution in [1.82, 2.24) is 9.62 Å². The number of sulfonamides is 1. The minimum absolute atomic E-state index is 0.0515. The molecule has 0 aromatic heterocycles. The third-order valence-corrected chi connectivity index (χ3v) is 6.34. The van der Waals surface area contributed by atoms with Gasteiger partial charge in [-0.05, 0) is 29.9 Å². The van der Waals surface area contributed by atoms with E-state index in [0.29, 0.717) is 42.4 Å². The lowest BCUT2D eigenvalue weighted by Gasteiger charge is -2.32. The normalized spacial score (nSPS) is 15.8. The number of ether oxygens (including phenoxy) is 1. The summed E-state index contributed by atoms with van der Waals surface area (Å²) in [5.41, 5.74) is 1.53. The van der Waals surface area contributed by atoms with E-state index in [4.69, 9.17) is 16.3 Å². The fourth-order valence-corrected chi connectivity index (χ4v) is 4.48. The Labute approximate surface area is 178 Å². The van der Waals surface area contributed by atoms with Crippen LogP contribution in [0.15, 0.2) is 24.1 Å². The van der Waals surface area contributed by atoms with Gasteiger partial charge in [-0.3, -0.25) is 4.79 Å². The lowest BCUT2D eigenvalue weighted by atomic mass is 9.86. The number of nitrogens with one attached hydrogen (secondary N) is 2. The molecule has 0 saturated carbocycles. The summed E-state index contributed by atoms with van der Waals surface area (Å²) in [7, 11) is -1.90. The first-order valence-electron chi connectivity index (χ1n) is 9.51. The number of hydrogen-bond donors (Lipinski definition) is 2. The Balaban J connectivity index is 1.98. The highest BCUT2D eigenvalue weighted by Crippen LogP contribution is 2.37. The Morgan fingerprint density at radius 3 is 2.48 bits per heavy atom. The first-order valence-corrected chi connectivity index (χ1v) is 11.4. The van der Waals surface area contributed by atoms with Gasteiger partial charge in [-0.15, -0.1) is 0 Å². The van der Waals surface area contributed by atoms with Crippen LogP contribution in [0.5, 0.6) is 5.75 Å². The van der Waals surface area contributed by atoms with Gasteiger partial charge in [0.15, 0.2) is 0 Å². The number of carbonyl (C=O) groups excluding carboxylic acids is 1. The van der Waals surface area contributed by atoms with Crippen molar-refractivity contribution in [2.75, 3.05) is 32.1 Å². The maximum Gasteiger partial charge on any atom is 0.241 e. The number of halogens is 1. The summed E-state index contributed by atoms with van der Waals surface area (Å²) in [6, 6.07) is 3.50. The Bertz CT molecular complexity index is 857. The number of rotatable bonds is 7. The summed E-state index contributed by atoms with van der Waals surface area (Å²) in [5.74, 6) is 0.526. The van der Waals surface area contributed by atoms with Crippen molar-refractivity contribution in [2.24, 2.45) is 0 Å². The van der Waals surface area contributed by atoms with E-state index in [1.54, 1.807) is 18.1 Å². The molecule has 1 amide bonds. The van der Waals surface area contributed by atoms with Crippen LogP contribution in [0.2, 0.25) is 5.02 Å². The molecule has 29 heavy (non-hydrogen) atoms. The molecule has 0 bridgehead atoms. The zero-order chi connectivity index (χ0) is 21.8. The Morgan fingerprint density at radius 1 is 1.34 bits per heavy atom. The molecule has 1 aliphatic heterocycles. The molecule has 2 rings (SSSR count). The van der Waals surface area contributed by atoms with E-state index in [1.165, 1.54) is 0 Å². The third-order valence-electron chi connectivity index (χ3n) is 4.93. The van der Waals surface area contributed by atoms with E-state index in [0.717, 1.165) is 11.0 Å². The van der Waals surface area contributed by atoms with Gasteiger partial charge in [-0.1, -0.05) is 39.0 Å². The predicted octanol–water partition coefficient (Wildman–Crippen LogP) is 3.11. The van der Waals surface area contributed by atoms with Gasteiger partial charge in [0.1, 0.15) is 5.75 Å². The van der Waals surface area contributed by atoms with Gasteiger partial charge in [0.05, 0.1) is 19.3 Å². The van der Waals surface area contributed by atoms with E-state index in [-0.39, 0.29) is 23.9 Å². The average Bonchev–Trinajstić information content (AvgIpc) is 2.65. The molecule has 0 radical (unpaired) electrons. The average molecular weight is 444 g/mol. The summed E-state index contributed by atoms with van der Waals surface area (Å²) in [5, 5.41) is 4.68. The smallest absolute Gasteiger partial charge is 0.241 e. The molecule has 0 unspecified atom stereocenters. The van der Waals surface area contributed by atoms with Crippen LogP contribution in [0.1, 0.15) is 39.2 Å². The second kappa shape index (κ2) is 9.36. The molecule has 7 nitrogen and oxygen atoms in total. The summed E-state index contributed by atoms with van der Waals surface area (Å²) < 4.78 is 31.1. The molecule has 0 spiro atoms. The molecule has 1 heterocycles. The van der Waals surface area contributed by atoms with E-state index < -0.39 is 10.0 Å². The summed E-state index contributed by atoms with van der Waals surface area (Å²) in [6.45, 7) is 10.6. The van der Waals surface area contributed by atoms with Crippen LogP contribution in [0.25, 0.3) is 0 Å². The number of carbonyl (C=O) groups is 1. The van der Waals surface area contributed by atoms with Crippen LogP contribution in [-0.4, -0.2) is 52.0 Å². The van der Waals surface area contributed by atoms with Crippen LogP contribution < -0.4 is 14.8 Å². The maximum absolute atomic E-state index is 12.6. The standard InChI is InChI=1S/C20H30ClN3O4S/c1-6-29(26,27)23-14-7-9-24(10-8-14)19(25)13-22-17-11-15(20(2,3)4)16(21)12-18(17)28-5/h6,11-12,14,22-23H,1,7-10,13H2,2-5H3. The fourth-order valence-electron chi connectivity index (χ4n) is 3.25. The number of amides is 1. The lowest BCUT2D eigenvalue weighted by Crippen LogP contribution is -2.47. The van der Waals surface area contributed by atoms with Gasteiger partial charge in [0.2, 0.25) is 15.9 Å². The summed E-state index contributed by atoms with van der Waals surface area (Å²) in [6.07, 6.45) is 1.13. The van der Waals surface area contributed by atoms with Crippen LogP contribution in [0.4, 0.5) is 5.69 Å². The maximum atomic E-state index is 12.6. The molecule has 0 aliphatic carbocycles. The molecule has 1 fully saturated rings. The quantitative estimate of drug-likeness (QED) is 0.676. The van der Waals surface area contributed by atoms with Crippen molar-refractivity contribution < 1.29 is 17.9 Å². The highest BCUT2D eigenvalue weighted by Gasteiger charge is 2.25. The highest BCUT2D eigenvalue weighted by atomic mass is 35.5. The molecule has 0 atom stereocenters. The molecular formula is C20H30ClN3O4S. The topological polar surface area (TPSA) is 87.7 Å². The molecule has 1 aliphatic rings. The Kier molecular flexibility index (Phi) is 7.59. The molecule has 1 aromatic carbocycles. The Morgan fingerprint density at radius 2 is 1.97 bits per heavy atom. The van der Waals surface area contributed by atoms with Crippen LogP contribution in [-0.2, 0) is 20.2 Å². The van der Waals surface area contributed by atoms with E-state index in [9.17, 15) is 13.2 Å². The number of piperidine rings is 1. The monoisotopic (exact) mass is 443 g/mol. The second-order valence-corrected chi connectivity index (χ2v) is 10.2. The van der Waals surface area contributed by atoms with Crippen molar-refractivity contribution in [1.29, 1.82) is 0 Å². The zero-order valence-corrected chi connectivity index (χ0v) is 19.0. The molecule has 2 N–H and O–H groups in total.